The Morgan fingerprint density at radius 1 is 1.20 bits per heavy atom. The van der Waals surface area contributed by atoms with Crippen LogP contribution in [0, 0.1) is 19.7 Å². The maximum absolute atomic E-state index is 13.6. The van der Waals surface area contributed by atoms with E-state index in [1.165, 1.54) is 30.2 Å². The Labute approximate surface area is 175 Å². The Morgan fingerprint density at radius 3 is 2.50 bits per heavy atom. The number of amides is 1. The van der Waals surface area contributed by atoms with Crippen molar-refractivity contribution in [3.05, 3.63) is 58.2 Å². The van der Waals surface area contributed by atoms with Gasteiger partial charge in [0, 0.05) is 37.1 Å². The summed E-state index contributed by atoms with van der Waals surface area (Å²) in [6.45, 7) is 5.61. The first kappa shape index (κ1) is 23.3. The lowest BCUT2D eigenvalue weighted by Crippen LogP contribution is -2.44. The third-order valence-corrected chi connectivity index (χ3v) is 5.00. The molecule has 1 amide bonds. The molecule has 0 fully saturated rings. The van der Waals surface area contributed by atoms with Gasteiger partial charge in [0.15, 0.2) is 5.78 Å². The van der Waals surface area contributed by atoms with E-state index < -0.39 is 23.7 Å². The van der Waals surface area contributed by atoms with Crippen LogP contribution in [0.15, 0.2) is 24.3 Å². The molecule has 1 atom stereocenters. The Balaban J connectivity index is 2.39. The van der Waals surface area contributed by atoms with Gasteiger partial charge in [0.1, 0.15) is 11.5 Å². The number of nitrogens with one attached hydrogen (secondary N) is 1. The number of ether oxygens (including phenoxy) is 2. The molecule has 1 aromatic carbocycles. The number of benzene rings is 1. The molecule has 1 N–H and O–H groups in total. The van der Waals surface area contributed by atoms with Gasteiger partial charge in [0.05, 0.1) is 13.2 Å². The van der Waals surface area contributed by atoms with Gasteiger partial charge in [-0.05, 0) is 51.0 Å². The van der Waals surface area contributed by atoms with E-state index in [4.69, 9.17) is 9.47 Å². The largest absolute Gasteiger partial charge is 0.464 e. The van der Waals surface area contributed by atoms with Crippen LogP contribution in [0.2, 0.25) is 0 Å². The molecule has 0 aliphatic rings. The lowest BCUT2D eigenvalue weighted by atomic mass is 9.99. The smallest absolute Gasteiger partial charge is 0.354 e. The molecule has 0 spiro atoms. The van der Waals surface area contributed by atoms with Gasteiger partial charge in [-0.15, -0.1) is 0 Å². The zero-order valence-electron chi connectivity index (χ0n) is 17.9. The zero-order valence-corrected chi connectivity index (χ0v) is 17.9. The Kier molecular flexibility index (Phi) is 7.88. The van der Waals surface area contributed by atoms with Gasteiger partial charge in [-0.25, -0.2) is 9.18 Å². The fraction of sp³-hybridized carbons (Fsp3) is 0.409. The van der Waals surface area contributed by atoms with Crippen LogP contribution < -0.4 is 0 Å². The second-order valence-electron chi connectivity index (χ2n) is 7.01. The molecule has 0 saturated heterocycles. The predicted molar refractivity (Wildman–Crippen MR) is 109 cm³/mol. The van der Waals surface area contributed by atoms with Crippen LogP contribution in [-0.2, 0) is 9.47 Å². The molecular formula is C22H27FN2O5. The van der Waals surface area contributed by atoms with Crippen LogP contribution in [-0.4, -0.2) is 61.0 Å². The van der Waals surface area contributed by atoms with Gasteiger partial charge in [-0.1, -0.05) is 6.07 Å². The van der Waals surface area contributed by atoms with Gasteiger partial charge < -0.3 is 19.4 Å². The monoisotopic (exact) mass is 418 g/mol. The number of hydrogen-bond donors (Lipinski definition) is 1. The van der Waals surface area contributed by atoms with Crippen LogP contribution >= 0.6 is 0 Å². The molecule has 0 aliphatic carbocycles. The number of hydrogen-bond acceptors (Lipinski definition) is 5. The lowest BCUT2D eigenvalue weighted by molar-refractivity contribution is 0.0591. The van der Waals surface area contributed by atoms with E-state index in [0.717, 1.165) is 6.07 Å². The van der Waals surface area contributed by atoms with Gasteiger partial charge in [-0.2, -0.15) is 0 Å². The summed E-state index contributed by atoms with van der Waals surface area (Å²) >= 11 is 0. The molecule has 1 heterocycles. The number of halogens is 1. The molecule has 7 nitrogen and oxygen atoms in total. The molecule has 2 aromatic rings. The summed E-state index contributed by atoms with van der Waals surface area (Å²) in [5.41, 5.74) is 1.68. The van der Waals surface area contributed by atoms with E-state index in [1.807, 2.05) is 0 Å². The summed E-state index contributed by atoms with van der Waals surface area (Å²) in [5.74, 6) is -1.88. The highest BCUT2D eigenvalue weighted by atomic mass is 19.1. The van der Waals surface area contributed by atoms with Crippen molar-refractivity contribution in [2.45, 2.75) is 33.2 Å². The molecule has 8 heteroatoms. The van der Waals surface area contributed by atoms with Crippen LogP contribution in [0.5, 0.6) is 0 Å². The summed E-state index contributed by atoms with van der Waals surface area (Å²) in [5, 5.41) is 0. The first-order valence-corrected chi connectivity index (χ1v) is 9.60. The molecule has 0 saturated carbocycles. The number of rotatable bonds is 9. The number of Topliss-reactive ketones (excluding diaryl/α,β-unsaturated/α-hetero) is 1. The topological polar surface area (TPSA) is 88.7 Å². The Morgan fingerprint density at radius 2 is 1.90 bits per heavy atom. The van der Waals surface area contributed by atoms with E-state index in [9.17, 15) is 18.8 Å². The van der Waals surface area contributed by atoms with E-state index in [0.29, 0.717) is 29.8 Å². The van der Waals surface area contributed by atoms with E-state index in [2.05, 4.69) is 4.98 Å². The third-order valence-electron chi connectivity index (χ3n) is 5.00. The molecule has 0 radical (unpaired) electrons. The number of esters is 1. The summed E-state index contributed by atoms with van der Waals surface area (Å²) in [6.07, 6.45) is 0.508. The van der Waals surface area contributed by atoms with Gasteiger partial charge >= 0.3 is 5.97 Å². The number of aryl methyl sites for hydroxylation is 1. The number of nitrogens with zero attached hydrogens (tertiary/aromatic N) is 1. The highest BCUT2D eigenvalue weighted by Crippen LogP contribution is 2.23. The van der Waals surface area contributed by atoms with Crippen molar-refractivity contribution >= 4 is 17.7 Å². The summed E-state index contributed by atoms with van der Waals surface area (Å²) < 4.78 is 23.4. The fourth-order valence-electron chi connectivity index (χ4n) is 3.41. The predicted octanol–water partition coefficient (Wildman–Crippen LogP) is 3.31. The standard InChI is InChI=1S/C22H27FN2O5/c1-13-18(14(2)24-19(13)22(28)30-5)20(26)15(3)25(10-7-11-29-4)21(27)16-8-6-9-17(23)12-16/h6,8-9,12,15,24H,7,10-11H2,1-5H3/t15-/m0/s1. The molecule has 0 bridgehead atoms. The minimum Gasteiger partial charge on any atom is -0.464 e. The molecule has 162 valence electrons. The highest BCUT2D eigenvalue weighted by Gasteiger charge is 2.31. The van der Waals surface area contributed by atoms with E-state index in [-0.39, 0.29) is 23.6 Å². The zero-order chi connectivity index (χ0) is 22.4. The van der Waals surface area contributed by atoms with Crippen molar-refractivity contribution in [3.63, 3.8) is 0 Å². The Bertz CT molecular complexity index is 938. The maximum atomic E-state index is 13.6. The SMILES string of the molecule is COCCCN(C(=O)c1cccc(F)c1)[C@@H](C)C(=O)c1c(C)[nH]c(C(=O)OC)c1C. The average molecular weight is 418 g/mol. The quantitative estimate of drug-likeness (QED) is 0.383. The summed E-state index contributed by atoms with van der Waals surface area (Å²) in [4.78, 5) is 42.6. The molecule has 0 aliphatic heterocycles. The molecule has 2 rings (SSSR count). The van der Waals surface area contributed by atoms with Crippen molar-refractivity contribution in [3.8, 4) is 0 Å². The number of H-pyrrole nitrogens is 1. The van der Waals surface area contributed by atoms with Crippen LogP contribution in [0.25, 0.3) is 0 Å². The number of ketones is 1. The number of aromatic nitrogens is 1. The van der Waals surface area contributed by atoms with Gasteiger partial charge in [-0.3, -0.25) is 9.59 Å². The van der Waals surface area contributed by atoms with Crippen molar-refractivity contribution in [1.82, 2.24) is 9.88 Å². The maximum Gasteiger partial charge on any atom is 0.354 e. The molecule has 30 heavy (non-hydrogen) atoms. The minimum atomic E-state index is -0.837. The molecular weight excluding hydrogens is 391 g/mol. The normalized spacial score (nSPS) is 11.8. The lowest BCUT2D eigenvalue weighted by Gasteiger charge is -2.29. The van der Waals surface area contributed by atoms with Crippen LogP contribution in [0.4, 0.5) is 4.39 Å². The second-order valence-corrected chi connectivity index (χ2v) is 7.01. The van der Waals surface area contributed by atoms with E-state index >= 15 is 0 Å². The first-order valence-electron chi connectivity index (χ1n) is 9.60. The van der Waals surface area contributed by atoms with Gasteiger partial charge in [0.25, 0.3) is 5.91 Å². The fourth-order valence-corrected chi connectivity index (χ4v) is 3.41. The molecule has 1 aromatic heterocycles. The van der Waals surface area contributed by atoms with Gasteiger partial charge in [0.2, 0.25) is 0 Å². The number of carbonyl (C=O) groups is 3. The number of aromatic amines is 1. The highest BCUT2D eigenvalue weighted by molar-refractivity contribution is 6.07. The number of carbonyl (C=O) groups excluding carboxylic acids is 3. The van der Waals surface area contributed by atoms with Crippen molar-refractivity contribution in [1.29, 1.82) is 0 Å². The third kappa shape index (κ3) is 4.94. The van der Waals surface area contributed by atoms with Crippen molar-refractivity contribution < 1.29 is 28.2 Å². The van der Waals surface area contributed by atoms with Crippen molar-refractivity contribution in [2.24, 2.45) is 0 Å². The molecule has 0 unspecified atom stereocenters. The van der Waals surface area contributed by atoms with Crippen molar-refractivity contribution in [2.75, 3.05) is 27.4 Å². The van der Waals surface area contributed by atoms with E-state index in [1.54, 1.807) is 27.9 Å². The summed E-state index contributed by atoms with van der Waals surface area (Å²) in [7, 11) is 2.81. The summed E-state index contributed by atoms with van der Waals surface area (Å²) in [6, 6.07) is 4.52. The van der Waals surface area contributed by atoms with Crippen LogP contribution in [0.1, 0.15) is 55.8 Å². The Hall–Kier alpha value is -3.00. The van der Waals surface area contributed by atoms with Crippen LogP contribution in [0.3, 0.4) is 0 Å². The first-order chi connectivity index (χ1) is 14.2. The average Bonchev–Trinajstić information content (AvgIpc) is 3.03. The number of methoxy groups -OCH3 is 2. The minimum absolute atomic E-state index is 0.157. The second kappa shape index (κ2) is 10.2.